The Balaban J connectivity index is 1.94. The van der Waals surface area contributed by atoms with Crippen molar-refractivity contribution in [3.05, 3.63) is 64.1 Å². The average molecular weight is 335 g/mol. The molecule has 0 aromatic heterocycles. The van der Waals surface area contributed by atoms with Crippen LogP contribution in [0.1, 0.15) is 11.1 Å². The van der Waals surface area contributed by atoms with Crippen molar-refractivity contribution in [1.82, 2.24) is 0 Å². The molecule has 1 N–H and O–H groups in total. The van der Waals surface area contributed by atoms with Crippen molar-refractivity contribution in [3.63, 3.8) is 0 Å². The lowest BCUT2D eigenvalue weighted by Gasteiger charge is -2.16. The second-order valence-electron chi connectivity index (χ2n) is 5.08. The molecule has 0 aliphatic heterocycles. The van der Waals surface area contributed by atoms with Crippen molar-refractivity contribution in [2.45, 2.75) is 13.0 Å². The predicted octanol–water partition coefficient (Wildman–Crippen LogP) is 2.72. The lowest BCUT2D eigenvalue weighted by Crippen LogP contribution is -3.07. The summed E-state index contributed by atoms with van der Waals surface area (Å²) >= 11 is 3.53. The van der Waals surface area contributed by atoms with Crippen molar-refractivity contribution in [2.75, 3.05) is 20.7 Å². The maximum Gasteiger partial charge on any atom is 0.127 e. The number of quaternary nitrogens is 1. The largest absolute Gasteiger partial charge is 0.496 e. The molecule has 0 radical (unpaired) electrons. The van der Waals surface area contributed by atoms with Crippen molar-refractivity contribution in [3.8, 4) is 5.75 Å². The summed E-state index contributed by atoms with van der Waals surface area (Å²) in [4.78, 5) is 1.48. The fourth-order valence-electron chi connectivity index (χ4n) is 2.30. The third-order valence-electron chi connectivity index (χ3n) is 3.42. The Morgan fingerprint density at radius 1 is 1.10 bits per heavy atom. The van der Waals surface area contributed by atoms with E-state index >= 15 is 0 Å². The Morgan fingerprint density at radius 2 is 1.85 bits per heavy atom. The van der Waals surface area contributed by atoms with Gasteiger partial charge in [0.25, 0.3) is 0 Å². The number of nitrogens with one attached hydrogen (secondary N) is 1. The molecule has 1 atom stereocenters. The minimum absolute atomic E-state index is 0.965. The topological polar surface area (TPSA) is 13.7 Å². The first kappa shape index (κ1) is 15.1. The SMILES string of the molecule is COc1ccc(Br)cc1C[NH+](C)CCc1ccccc1. The minimum Gasteiger partial charge on any atom is -0.496 e. The highest BCUT2D eigenvalue weighted by atomic mass is 79.9. The summed E-state index contributed by atoms with van der Waals surface area (Å²) in [5, 5.41) is 0. The molecule has 0 saturated heterocycles. The molecule has 20 heavy (non-hydrogen) atoms. The van der Waals surface area contributed by atoms with Crippen LogP contribution in [0.15, 0.2) is 53.0 Å². The van der Waals surface area contributed by atoms with Gasteiger partial charge >= 0.3 is 0 Å². The van der Waals surface area contributed by atoms with Crippen molar-refractivity contribution in [1.29, 1.82) is 0 Å². The average Bonchev–Trinajstić information content (AvgIpc) is 2.46. The van der Waals surface area contributed by atoms with Gasteiger partial charge in [0.2, 0.25) is 0 Å². The van der Waals surface area contributed by atoms with E-state index in [4.69, 9.17) is 4.74 Å². The van der Waals surface area contributed by atoms with Crippen LogP contribution in [0.4, 0.5) is 0 Å². The zero-order valence-corrected chi connectivity index (χ0v) is 13.6. The highest BCUT2D eigenvalue weighted by Gasteiger charge is 2.10. The molecule has 0 bridgehead atoms. The first-order valence-corrected chi connectivity index (χ1v) is 7.66. The third-order valence-corrected chi connectivity index (χ3v) is 3.91. The van der Waals surface area contributed by atoms with E-state index in [2.05, 4.69) is 59.4 Å². The van der Waals surface area contributed by atoms with E-state index in [1.807, 2.05) is 12.1 Å². The van der Waals surface area contributed by atoms with E-state index in [1.54, 1.807) is 7.11 Å². The maximum absolute atomic E-state index is 5.43. The van der Waals surface area contributed by atoms with Crippen LogP contribution in [0.25, 0.3) is 0 Å². The molecule has 3 heteroatoms. The van der Waals surface area contributed by atoms with Crippen LogP contribution in [-0.2, 0) is 13.0 Å². The smallest absolute Gasteiger partial charge is 0.127 e. The standard InChI is InChI=1S/C17H20BrNO/c1-19(11-10-14-6-4-3-5-7-14)13-15-12-16(18)8-9-17(15)20-2/h3-9,12H,10-11,13H2,1-2H3/p+1. The van der Waals surface area contributed by atoms with E-state index in [0.29, 0.717) is 0 Å². The van der Waals surface area contributed by atoms with Gasteiger partial charge in [-0.25, -0.2) is 0 Å². The molecule has 0 amide bonds. The highest BCUT2D eigenvalue weighted by Crippen LogP contribution is 2.22. The Labute approximate surface area is 129 Å². The van der Waals surface area contributed by atoms with Gasteiger partial charge in [0.1, 0.15) is 12.3 Å². The van der Waals surface area contributed by atoms with E-state index < -0.39 is 0 Å². The van der Waals surface area contributed by atoms with Gasteiger partial charge in [-0.1, -0.05) is 46.3 Å². The number of halogens is 1. The van der Waals surface area contributed by atoms with Crippen molar-refractivity contribution >= 4 is 15.9 Å². The van der Waals surface area contributed by atoms with E-state index in [0.717, 1.165) is 29.7 Å². The number of ether oxygens (including phenoxy) is 1. The summed E-state index contributed by atoms with van der Waals surface area (Å²) in [5.41, 5.74) is 2.64. The van der Waals surface area contributed by atoms with Gasteiger partial charge in [0.05, 0.1) is 20.7 Å². The van der Waals surface area contributed by atoms with Gasteiger partial charge in [-0.2, -0.15) is 0 Å². The monoisotopic (exact) mass is 334 g/mol. The molecule has 106 valence electrons. The van der Waals surface area contributed by atoms with Crippen molar-refractivity contribution < 1.29 is 9.64 Å². The normalized spacial score (nSPS) is 12.2. The van der Waals surface area contributed by atoms with Crippen LogP contribution < -0.4 is 9.64 Å². The van der Waals surface area contributed by atoms with E-state index in [-0.39, 0.29) is 0 Å². The molecule has 0 heterocycles. The first-order chi connectivity index (χ1) is 9.69. The minimum atomic E-state index is 0.965. The number of methoxy groups -OCH3 is 1. The van der Waals surface area contributed by atoms with Gasteiger partial charge in [0.15, 0.2) is 0 Å². The molecule has 0 spiro atoms. The molecule has 2 nitrogen and oxygen atoms in total. The molecule has 2 rings (SSSR count). The maximum atomic E-state index is 5.43. The molecular weight excluding hydrogens is 314 g/mol. The molecule has 2 aromatic rings. The Kier molecular flexibility index (Phi) is 5.62. The summed E-state index contributed by atoms with van der Waals surface area (Å²) in [5.74, 6) is 0.965. The summed E-state index contributed by atoms with van der Waals surface area (Å²) < 4.78 is 6.53. The summed E-state index contributed by atoms with van der Waals surface area (Å²) in [6.07, 6.45) is 1.10. The predicted molar refractivity (Wildman–Crippen MR) is 86.3 cm³/mol. The Hall–Kier alpha value is -1.32. The lowest BCUT2D eigenvalue weighted by molar-refractivity contribution is -0.893. The van der Waals surface area contributed by atoms with Gasteiger partial charge in [-0.3, -0.25) is 0 Å². The second kappa shape index (κ2) is 7.46. The second-order valence-corrected chi connectivity index (χ2v) is 5.99. The molecule has 2 aromatic carbocycles. The van der Waals surface area contributed by atoms with Crippen LogP contribution in [0, 0.1) is 0 Å². The van der Waals surface area contributed by atoms with Crippen LogP contribution in [0.2, 0.25) is 0 Å². The van der Waals surface area contributed by atoms with Crippen LogP contribution in [-0.4, -0.2) is 20.7 Å². The van der Waals surface area contributed by atoms with Crippen LogP contribution in [0.5, 0.6) is 5.75 Å². The summed E-state index contributed by atoms with van der Waals surface area (Å²) in [6, 6.07) is 16.8. The summed E-state index contributed by atoms with van der Waals surface area (Å²) in [6.45, 7) is 2.08. The molecular formula is C17H21BrNO+. The molecule has 0 fully saturated rings. The zero-order chi connectivity index (χ0) is 14.4. The molecule has 0 aliphatic rings. The first-order valence-electron chi connectivity index (χ1n) is 6.86. The van der Waals surface area contributed by atoms with Gasteiger partial charge in [-0.15, -0.1) is 0 Å². The quantitative estimate of drug-likeness (QED) is 0.857. The Morgan fingerprint density at radius 3 is 2.55 bits per heavy atom. The van der Waals surface area contributed by atoms with Gasteiger partial charge in [0, 0.05) is 16.5 Å². The third kappa shape index (κ3) is 4.36. The fourth-order valence-corrected chi connectivity index (χ4v) is 2.71. The van der Waals surface area contributed by atoms with Crippen LogP contribution in [0.3, 0.4) is 0 Å². The van der Waals surface area contributed by atoms with E-state index in [9.17, 15) is 0 Å². The molecule has 1 unspecified atom stereocenters. The molecule has 0 saturated carbocycles. The number of hydrogen-bond acceptors (Lipinski definition) is 1. The van der Waals surface area contributed by atoms with Crippen LogP contribution >= 0.6 is 15.9 Å². The zero-order valence-electron chi connectivity index (χ0n) is 12.0. The van der Waals surface area contributed by atoms with E-state index in [1.165, 1.54) is 16.0 Å². The number of hydrogen-bond donors (Lipinski definition) is 1. The van der Waals surface area contributed by atoms with Gasteiger partial charge < -0.3 is 9.64 Å². The Bertz CT molecular complexity index is 542. The van der Waals surface area contributed by atoms with Gasteiger partial charge in [-0.05, 0) is 23.8 Å². The fraction of sp³-hybridized carbons (Fsp3) is 0.294. The number of rotatable bonds is 6. The number of benzene rings is 2. The van der Waals surface area contributed by atoms with Crippen molar-refractivity contribution in [2.24, 2.45) is 0 Å². The highest BCUT2D eigenvalue weighted by molar-refractivity contribution is 9.10. The lowest BCUT2D eigenvalue weighted by atomic mass is 10.1. The summed E-state index contributed by atoms with van der Waals surface area (Å²) in [7, 11) is 3.95. The number of likely N-dealkylation sites (N-methyl/N-ethyl adjacent to an activating group) is 1. The molecule has 0 aliphatic carbocycles.